The number of benzene rings is 1. The zero-order valence-corrected chi connectivity index (χ0v) is 14.1. The van der Waals surface area contributed by atoms with Gasteiger partial charge in [0.25, 0.3) is 11.8 Å². The normalized spacial score (nSPS) is 30.3. The van der Waals surface area contributed by atoms with Crippen molar-refractivity contribution in [3.05, 3.63) is 42.0 Å². The summed E-state index contributed by atoms with van der Waals surface area (Å²) < 4.78 is 5.41. The number of carbonyl (C=O) groups excluding carboxylic acids is 2. The van der Waals surface area contributed by atoms with Gasteiger partial charge in [0, 0.05) is 5.56 Å². The van der Waals surface area contributed by atoms with E-state index in [0.717, 1.165) is 11.4 Å². The average molecular weight is 354 g/mol. The Labute approximate surface area is 149 Å². The number of hydrogen-bond donors (Lipinski definition) is 1. The van der Waals surface area contributed by atoms with E-state index in [9.17, 15) is 14.4 Å². The summed E-state index contributed by atoms with van der Waals surface area (Å²) in [5.74, 6) is -1.61. The molecule has 26 heavy (non-hydrogen) atoms. The summed E-state index contributed by atoms with van der Waals surface area (Å²) in [6.45, 7) is 1.42. The lowest BCUT2D eigenvalue weighted by Crippen LogP contribution is -2.28. The molecular formula is C19H18N2O5. The second-order valence-corrected chi connectivity index (χ2v) is 6.87. The summed E-state index contributed by atoms with van der Waals surface area (Å²) in [5.41, 5.74) is 0.499. The van der Waals surface area contributed by atoms with Gasteiger partial charge in [-0.1, -0.05) is 24.3 Å². The summed E-state index contributed by atoms with van der Waals surface area (Å²) in [6.07, 6.45) is 5.27. The molecule has 5 atom stereocenters. The summed E-state index contributed by atoms with van der Waals surface area (Å²) in [4.78, 5) is 36.2. The zero-order valence-electron chi connectivity index (χ0n) is 14.1. The molecule has 2 amide bonds. The molecule has 0 spiro atoms. The summed E-state index contributed by atoms with van der Waals surface area (Å²) >= 11 is 0. The molecule has 2 bridgehead atoms. The van der Waals surface area contributed by atoms with E-state index in [-0.39, 0.29) is 35.5 Å². The Kier molecular flexibility index (Phi) is 3.86. The van der Waals surface area contributed by atoms with Gasteiger partial charge in [-0.2, -0.15) is 10.1 Å². The lowest BCUT2D eigenvalue weighted by atomic mass is 9.85. The van der Waals surface area contributed by atoms with E-state index in [4.69, 9.17) is 9.84 Å². The number of rotatable bonds is 5. The minimum atomic E-state index is -1.09. The number of carboxylic acids is 1. The molecule has 0 aromatic heterocycles. The predicted octanol–water partition coefficient (Wildman–Crippen LogP) is 1.68. The molecule has 1 aromatic carbocycles. The van der Waals surface area contributed by atoms with E-state index in [1.165, 1.54) is 13.1 Å². The monoisotopic (exact) mass is 354 g/mol. The van der Waals surface area contributed by atoms with Crippen LogP contribution in [0.5, 0.6) is 5.75 Å². The number of para-hydroxylation sites is 1. The van der Waals surface area contributed by atoms with Crippen LogP contribution in [0, 0.1) is 23.7 Å². The van der Waals surface area contributed by atoms with Crippen LogP contribution in [0.15, 0.2) is 41.5 Å². The van der Waals surface area contributed by atoms with Gasteiger partial charge in [0.05, 0.1) is 18.1 Å². The highest BCUT2D eigenvalue weighted by atomic mass is 16.5. The maximum atomic E-state index is 12.6. The van der Waals surface area contributed by atoms with Crippen LogP contribution >= 0.6 is 0 Å². The molecule has 1 N–H and O–H groups in total. The maximum absolute atomic E-state index is 12.6. The molecule has 7 nitrogen and oxygen atoms in total. The van der Waals surface area contributed by atoms with Crippen LogP contribution in [0.1, 0.15) is 18.9 Å². The number of nitrogens with zero attached hydrogens (tertiary/aromatic N) is 2. The first-order valence-electron chi connectivity index (χ1n) is 8.56. The fraction of sp³-hybridized carbons (Fsp3) is 0.368. The van der Waals surface area contributed by atoms with Gasteiger partial charge in [-0.15, -0.1) is 0 Å². The Balaban J connectivity index is 1.55. The van der Waals surface area contributed by atoms with Crippen LogP contribution in [0.3, 0.4) is 0 Å². The topological polar surface area (TPSA) is 96.3 Å². The second-order valence-electron chi connectivity index (χ2n) is 6.87. The van der Waals surface area contributed by atoms with Gasteiger partial charge < -0.3 is 9.84 Å². The molecule has 7 heteroatoms. The molecule has 3 aliphatic rings. The third kappa shape index (κ3) is 2.51. The SMILES string of the molecule is C[C@@H](Oc1ccccc1C=NN1C(=O)[C@@H]2[C@H](C1=O)[C@H]1C=C[C@H]2C1)C(=O)O. The largest absolute Gasteiger partial charge is 0.479 e. The molecule has 1 saturated heterocycles. The van der Waals surface area contributed by atoms with Crippen LogP contribution in [-0.2, 0) is 14.4 Å². The molecule has 2 fully saturated rings. The van der Waals surface area contributed by atoms with Gasteiger partial charge in [-0.3, -0.25) is 9.59 Å². The van der Waals surface area contributed by atoms with Crippen LogP contribution in [0.2, 0.25) is 0 Å². The van der Waals surface area contributed by atoms with Crippen molar-refractivity contribution in [2.75, 3.05) is 0 Å². The number of amides is 2. The molecule has 134 valence electrons. The van der Waals surface area contributed by atoms with Crippen LogP contribution < -0.4 is 4.74 Å². The molecule has 2 aliphatic carbocycles. The zero-order chi connectivity index (χ0) is 18.4. The number of carboxylic acid groups (broad SMARTS) is 1. The van der Waals surface area contributed by atoms with E-state index in [2.05, 4.69) is 5.10 Å². The number of allylic oxidation sites excluding steroid dienone is 2. The Bertz CT molecular complexity index is 816. The van der Waals surface area contributed by atoms with Crippen molar-refractivity contribution in [3.8, 4) is 5.75 Å². The number of hydrogen-bond acceptors (Lipinski definition) is 5. The minimum Gasteiger partial charge on any atom is -0.479 e. The molecule has 1 heterocycles. The first kappa shape index (κ1) is 16.5. The number of aliphatic carboxylic acids is 1. The van der Waals surface area contributed by atoms with Gasteiger partial charge >= 0.3 is 5.97 Å². The molecule has 0 radical (unpaired) electrons. The van der Waals surface area contributed by atoms with Crippen LogP contribution in [0.4, 0.5) is 0 Å². The number of ether oxygens (including phenoxy) is 1. The van der Waals surface area contributed by atoms with Crippen molar-refractivity contribution in [3.63, 3.8) is 0 Å². The van der Waals surface area contributed by atoms with E-state index in [0.29, 0.717) is 11.3 Å². The van der Waals surface area contributed by atoms with Gasteiger partial charge in [-0.05, 0) is 37.3 Å². The van der Waals surface area contributed by atoms with Crippen LogP contribution in [0.25, 0.3) is 0 Å². The van der Waals surface area contributed by atoms with Crippen LogP contribution in [-0.4, -0.2) is 40.2 Å². The van der Waals surface area contributed by atoms with Gasteiger partial charge in [0.2, 0.25) is 0 Å². The molecule has 1 aliphatic heterocycles. The van der Waals surface area contributed by atoms with Crippen molar-refractivity contribution >= 4 is 24.0 Å². The van der Waals surface area contributed by atoms with E-state index in [1.807, 2.05) is 12.2 Å². The quantitative estimate of drug-likeness (QED) is 0.493. The summed E-state index contributed by atoms with van der Waals surface area (Å²) in [5, 5.41) is 14.1. The lowest BCUT2D eigenvalue weighted by molar-refractivity contribution is -0.144. The molecular weight excluding hydrogens is 336 g/mol. The molecule has 0 unspecified atom stereocenters. The second kappa shape index (κ2) is 6.09. The fourth-order valence-corrected chi connectivity index (χ4v) is 4.06. The summed E-state index contributed by atoms with van der Waals surface area (Å²) in [6, 6.07) is 6.76. The molecule has 4 rings (SSSR count). The van der Waals surface area contributed by atoms with E-state index in [1.54, 1.807) is 24.3 Å². The van der Waals surface area contributed by atoms with Gasteiger partial charge in [0.15, 0.2) is 6.10 Å². The lowest BCUT2D eigenvalue weighted by Gasteiger charge is -2.13. The van der Waals surface area contributed by atoms with Gasteiger partial charge in [0.1, 0.15) is 5.75 Å². The molecule has 1 aromatic rings. The van der Waals surface area contributed by atoms with Crippen molar-refractivity contribution in [2.45, 2.75) is 19.4 Å². The third-order valence-electron chi connectivity index (χ3n) is 5.33. The predicted molar refractivity (Wildman–Crippen MR) is 91.3 cm³/mol. The first-order valence-corrected chi connectivity index (χ1v) is 8.56. The standard InChI is InChI=1S/C19H18N2O5/c1-10(19(24)25)26-14-5-3-2-4-13(14)9-20-21-17(22)15-11-6-7-12(8-11)16(15)18(21)23/h2-7,9-12,15-16H,8H2,1H3,(H,24,25)/t10-,11+,12+,15-,16+/m1/s1. The molecule has 1 saturated carbocycles. The minimum absolute atomic E-state index is 0.133. The van der Waals surface area contributed by atoms with Crippen molar-refractivity contribution in [1.82, 2.24) is 5.01 Å². The van der Waals surface area contributed by atoms with E-state index >= 15 is 0 Å². The smallest absolute Gasteiger partial charge is 0.344 e. The van der Waals surface area contributed by atoms with Crippen molar-refractivity contribution in [2.24, 2.45) is 28.8 Å². The maximum Gasteiger partial charge on any atom is 0.344 e. The van der Waals surface area contributed by atoms with E-state index < -0.39 is 12.1 Å². The highest BCUT2D eigenvalue weighted by molar-refractivity contribution is 6.06. The Morgan fingerprint density at radius 2 is 1.85 bits per heavy atom. The number of imide groups is 1. The Morgan fingerprint density at radius 1 is 1.23 bits per heavy atom. The van der Waals surface area contributed by atoms with Crippen molar-refractivity contribution in [1.29, 1.82) is 0 Å². The van der Waals surface area contributed by atoms with Crippen molar-refractivity contribution < 1.29 is 24.2 Å². The highest BCUT2D eigenvalue weighted by Gasteiger charge is 2.59. The summed E-state index contributed by atoms with van der Waals surface area (Å²) in [7, 11) is 0. The Hall–Kier alpha value is -2.96. The number of fused-ring (bicyclic) bond motifs is 5. The highest BCUT2D eigenvalue weighted by Crippen LogP contribution is 2.52. The first-order chi connectivity index (χ1) is 12.5. The Morgan fingerprint density at radius 3 is 2.46 bits per heavy atom. The number of carbonyl (C=O) groups is 3. The average Bonchev–Trinajstić information content (AvgIpc) is 3.29. The van der Waals surface area contributed by atoms with Gasteiger partial charge in [-0.25, -0.2) is 4.79 Å². The fourth-order valence-electron chi connectivity index (χ4n) is 4.06. The number of hydrazone groups is 1. The third-order valence-corrected chi connectivity index (χ3v) is 5.33.